The van der Waals surface area contributed by atoms with Gasteiger partial charge in [-0.1, -0.05) is 6.92 Å². The van der Waals surface area contributed by atoms with E-state index in [4.69, 9.17) is 5.73 Å². The van der Waals surface area contributed by atoms with Crippen LogP contribution < -0.4 is 11.1 Å². The van der Waals surface area contributed by atoms with E-state index in [1.54, 1.807) is 0 Å². The minimum Gasteiger partial charge on any atom is -0.396 e. The van der Waals surface area contributed by atoms with Crippen molar-refractivity contribution in [3.05, 3.63) is 18.3 Å². The molecule has 100 valence electrons. The SMILES string of the molecule is CCCNC(=O)C(C)S(=O)(=O)c1ncccc1N. The summed E-state index contributed by atoms with van der Waals surface area (Å²) in [5.74, 6) is -0.540. The first-order valence-electron chi connectivity index (χ1n) is 5.63. The molecule has 1 amide bonds. The van der Waals surface area contributed by atoms with E-state index in [0.717, 1.165) is 6.42 Å². The molecule has 0 aliphatic heterocycles. The third-order valence-corrected chi connectivity index (χ3v) is 4.48. The van der Waals surface area contributed by atoms with Crippen LogP contribution in [-0.2, 0) is 14.6 Å². The lowest BCUT2D eigenvalue weighted by atomic mass is 10.4. The molecule has 1 aromatic rings. The molecule has 0 fully saturated rings. The van der Waals surface area contributed by atoms with Crippen molar-refractivity contribution < 1.29 is 13.2 Å². The molecule has 1 heterocycles. The van der Waals surface area contributed by atoms with Crippen molar-refractivity contribution in [3.63, 3.8) is 0 Å². The van der Waals surface area contributed by atoms with Gasteiger partial charge in [-0.3, -0.25) is 4.79 Å². The average Bonchev–Trinajstić information content (AvgIpc) is 2.35. The van der Waals surface area contributed by atoms with Crippen molar-refractivity contribution in [1.82, 2.24) is 10.3 Å². The third-order valence-electron chi connectivity index (χ3n) is 2.45. The first-order valence-corrected chi connectivity index (χ1v) is 7.18. The van der Waals surface area contributed by atoms with Gasteiger partial charge >= 0.3 is 0 Å². The fourth-order valence-electron chi connectivity index (χ4n) is 1.34. The van der Waals surface area contributed by atoms with Gasteiger partial charge in [-0.25, -0.2) is 13.4 Å². The van der Waals surface area contributed by atoms with Gasteiger partial charge in [-0.05, 0) is 25.5 Å². The zero-order chi connectivity index (χ0) is 13.8. The van der Waals surface area contributed by atoms with Crippen molar-refractivity contribution in [2.75, 3.05) is 12.3 Å². The van der Waals surface area contributed by atoms with Crippen molar-refractivity contribution in [1.29, 1.82) is 0 Å². The van der Waals surface area contributed by atoms with E-state index < -0.39 is 21.0 Å². The van der Waals surface area contributed by atoms with Crippen LogP contribution in [0.25, 0.3) is 0 Å². The third kappa shape index (κ3) is 2.98. The van der Waals surface area contributed by atoms with Crippen LogP contribution in [0, 0.1) is 0 Å². The maximum Gasteiger partial charge on any atom is 0.238 e. The summed E-state index contributed by atoms with van der Waals surface area (Å²) in [6, 6.07) is 2.98. The summed E-state index contributed by atoms with van der Waals surface area (Å²) in [5.41, 5.74) is 5.62. The lowest BCUT2D eigenvalue weighted by molar-refractivity contribution is -0.120. The van der Waals surface area contributed by atoms with Gasteiger partial charge in [0, 0.05) is 12.7 Å². The number of carbonyl (C=O) groups excluding carboxylic acids is 1. The first-order chi connectivity index (χ1) is 8.41. The Bertz CT molecular complexity index is 528. The van der Waals surface area contributed by atoms with Crippen LogP contribution in [0.1, 0.15) is 20.3 Å². The molecule has 7 heteroatoms. The number of pyridine rings is 1. The average molecular weight is 271 g/mol. The molecule has 1 rings (SSSR count). The second-order valence-corrected chi connectivity index (χ2v) is 6.06. The molecular weight excluding hydrogens is 254 g/mol. The van der Waals surface area contributed by atoms with Crippen molar-refractivity contribution in [2.45, 2.75) is 30.5 Å². The zero-order valence-corrected chi connectivity index (χ0v) is 11.2. The van der Waals surface area contributed by atoms with Gasteiger partial charge in [0.15, 0.2) is 5.03 Å². The molecular formula is C11H17N3O3S. The molecule has 6 nitrogen and oxygen atoms in total. The summed E-state index contributed by atoms with van der Waals surface area (Å²) in [6.45, 7) is 3.65. The van der Waals surface area contributed by atoms with Crippen LogP contribution in [0.4, 0.5) is 5.69 Å². The Kier molecular flexibility index (Phi) is 4.66. The molecule has 1 aromatic heterocycles. The fraction of sp³-hybridized carbons (Fsp3) is 0.455. The van der Waals surface area contributed by atoms with Crippen LogP contribution in [0.3, 0.4) is 0 Å². The maximum atomic E-state index is 12.2. The maximum absolute atomic E-state index is 12.2. The molecule has 1 unspecified atom stereocenters. The highest BCUT2D eigenvalue weighted by Gasteiger charge is 2.32. The van der Waals surface area contributed by atoms with Gasteiger partial charge in [0.1, 0.15) is 5.25 Å². The summed E-state index contributed by atoms with van der Waals surface area (Å²) >= 11 is 0. The Hall–Kier alpha value is -1.63. The van der Waals surface area contributed by atoms with E-state index in [2.05, 4.69) is 10.3 Å². The van der Waals surface area contributed by atoms with Gasteiger partial charge in [-0.15, -0.1) is 0 Å². The van der Waals surface area contributed by atoms with E-state index in [0.29, 0.717) is 6.54 Å². The van der Waals surface area contributed by atoms with E-state index in [1.165, 1.54) is 25.3 Å². The zero-order valence-electron chi connectivity index (χ0n) is 10.4. The molecule has 0 aliphatic rings. The molecule has 0 aliphatic carbocycles. The van der Waals surface area contributed by atoms with Gasteiger partial charge in [0.05, 0.1) is 5.69 Å². The highest BCUT2D eigenvalue weighted by atomic mass is 32.2. The normalized spacial score (nSPS) is 13.0. The molecule has 0 saturated carbocycles. The summed E-state index contributed by atoms with van der Waals surface area (Å²) in [7, 11) is -3.85. The Balaban J connectivity index is 3.01. The second kappa shape index (κ2) is 5.81. The van der Waals surface area contributed by atoms with Gasteiger partial charge < -0.3 is 11.1 Å². The van der Waals surface area contributed by atoms with Gasteiger partial charge in [0.2, 0.25) is 15.7 Å². The molecule has 1 atom stereocenters. The molecule has 0 radical (unpaired) electrons. The molecule has 0 saturated heterocycles. The molecule has 0 bridgehead atoms. The number of sulfone groups is 1. The summed E-state index contributed by atoms with van der Waals surface area (Å²) in [4.78, 5) is 15.4. The van der Waals surface area contributed by atoms with Crippen LogP contribution in [0.15, 0.2) is 23.4 Å². The number of nitrogen functional groups attached to an aromatic ring is 1. The quantitative estimate of drug-likeness (QED) is 0.804. The van der Waals surface area contributed by atoms with E-state index in [1.807, 2.05) is 6.92 Å². The Morgan fingerprint density at radius 1 is 1.56 bits per heavy atom. The van der Waals surface area contributed by atoms with Crippen molar-refractivity contribution >= 4 is 21.4 Å². The van der Waals surface area contributed by atoms with Crippen LogP contribution in [0.2, 0.25) is 0 Å². The highest BCUT2D eigenvalue weighted by molar-refractivity contribution is 7.92. The minimum atomic E-state index is -3.85. The predicted molar refractivity (Wildman–Crippen MR) is 68.6 cm³/mol. The topological polar surface area (TPSA) is 102 Å². The minimum absolute atomic E-state index is 0.0487. The van der Waals surface area contributed by atoms with Crippen molar-refractivity contribution in [2.24, 2.45) is 0 Å². The van der Waals surface area contributed by atoms with E-state index in [9.17, 15) is 13.2 Å². The van der Waals surface area contributed by atoms with E-state index >= 15 is 0 Å². The largest absolute Gasteiger partial charge is 0.396 e. The fourth-order valence-corrected chi connectivity index (χ4v) is 2.65. The van der Waals surface area contributed by atoms with Crippen LogP contribution in [-0.4, -0.2) is 31.1 Å². The summed E-state index contributed by atoms with van der Waals surface area (Å²) in [6.07, 6.45) is 2.07. The highest BCUT2D eigenvalue weighted by Crippen LogP contribution is 2.19. The Morgan fingerprint density at radius 2 is 2.22 bits per heavy atom. The van der Waals surface area contributed by atoms with E-state index in [-0.39, 0.29) is 10.7 Å². The Labute approximate surface area is 107 Å². The number of aromatic nitrogens is 1. The number of nitrogens with zero attached hydrogens (tertiary/aromatic N) is 1. The standard InChI is InChI=1S/C11H17N3O3S/c1-3-6-13-10(15)8(2)18(16,17)11-9(12)5-4-7-14-11/h4-5,7-8H,3,6,12H2,1-2H3,(H,13,15). The molecule has 18 heavy (non-hydrogen) atoms. The van der Waals surface area contributed by atoms with Crippen molar-refractivity contribution in [3.8, 4) is 0 Å². The molecule has 0 aromatic carbocycles. The predicted octanol–water partition coefficient (Wildman–Crippen LogP) is 0.352. The number of nitrogens with one attached hydrogen (secondary N) is 1. The first kappa shape index (κ1) is 14.4. The lowest BCUT2D eigenvalue weighted by Crippen LogP contribution is -2.38. The number of anilines is 1. The number of amides is 1. The summed E-state index contributed by atoms with van der Waals surface area (Å²) < 4.78 is 24.3. The number of rotatable bonds is 5. The number of hydrogen-bond donors (Lipinski definition) is 2. The smallest absolute Gasteiger partial charge is 0.238 e. The van der Waals surface area contributed by atoms with Gasteiger partial charge in [-0.2, -0.15) is 0 Å². The second-order valence-electron chi connectivity index (χ2n) is 3.88. The lowest BCUT2D eigenvalue weighted by Gasteiger charge is -2.13. The molecule has 3 N–H and O–H groups in total. The summed E-state index contributed by atoms with van der Waals surface area (Å²) in [5, 5.41) is 1.09. The van der Waals surface area contributed by atoms with Crippen LogP contribution in [0.5, 0.6) is 0 Å². The Morgan fingerprint density at radius 3 is 2.78 bits per heavy atom. The monoisotopic (exact) mass is 271 g/mol. The number of hydrogen-bond acceptors (Lipinski definition) is 5. The molecule has 0 spiro atoms. The number of nitrogens with two attached hydrogens (primary N) is 1. The van der Waals surface area contributed by atoms with Gasteiger partial charge in [0.25, 0.3) is 0 Å². The number of carbonyl (C=O) groups is 1. The van der Waals surface area contributed by atoms with Crippen LogP contribution >= 0.6 is 0 Å².